The van der Waals surface area contributed by atoms with Gasteiger partial charge in [-0.3, -0.25) is 4.79 Å². The highest BCUT2D eigenvalue weighted by Gasteiger charge is 2.29. The van der Waals surface area contributed by atoms with Crippen LogP contribution in [0.25, 0.3) is 0 Å². The Balaban J connectivity index is 2.03. The minimum atomic E-state index is -0.275. The first-order valence-corrected chi connectivity index (χ1v) is 8.12. The van der Waals surface area contributed by atoms with E-state index in [-0.39, 0.29) is 11.9 Å². The van der Waals surface area contributed by atoms with Crippen molar-refractivity contribution in [1.82, 2.24) is 0 Å². The highest BCUT2D eigenvalue weighted by Crippen LogP contribution is 2.34. The van der Waals surface area contributed by atoms with Crippen LogP contribution in [-0.4, -0.2) is 25.1 Å². The van der Waals surface area contributed by atoms with Crippen molar-refractivity contribution in [3.05, 3.63) is 28.8 Å². The molecule has 2 aliphatic rings. The van der Waals surface area contributed by atoms with Gasteiger partial charge in [0, 0.05) is 6.61 Å². The molecule has 0 radical (unpaired) electrons. The van der Waals surface area contributed by atoms with Crippen LogP contribution in [-0.2, 0) is 11.2 Å². The van der Waals surface area contributed by atoms with E-state index < -0.39 is 0 Å². The molecule has 1 atom stereocenters. The van der Waals surface area contributed by atoms with Gasteiger partial charge in [0.2, 0.25) is 0 Å². The Morgan fingerprint density at radius 3 is 2.76 bits per heavy atom. The zero-order valence-electron chi connectivity index (χ0n) is 13.0. The quantitative estimate of drug-likeness (QED) is 0.792. The van der Waals surface area contributed by atoms with E-state index in [0.717, 1.165) is 43.4 Å². The number of hydrogen-bond acceptors (Lipinski definition) is 3. The van der Waals surface area contributed by atoms with Crippen molar-refractivity contribution >= 4 is 5.78 Å². The van der Waals surface area contributed by atoms with Gasteiger partial charge in [0.05, 0.1) is 12.2 Å². The number of ketones is 1. The number of benzene rings is 1. The maximum absolute atomic E-state index is 12.8. The molecule has 0 aliphatic carbocycles. The third kappa shape index (κ3) is 2.98. The van der Waals surface area contributed by atoms with E-state index in [0.29, 0.717) is 19.1 Å². The number of ether oxygens (including phenoxy) is 2. The number of aryl methyl sites for hydroxylation is 1. The average molecular weight is 288 g/mol. The fourth-order valence-electron chi connectivity index (χ4n) is 3.14. The molecule has 0 saturated carbocycles. The SMILES string of the molecule is CC(C)c1cc2c(c(C(=O)C3CCCO3)c1)OCCCC2. The Morgan fingerprint density at radius 1 is 1.19 bits per heavy atom. The van der Waals surface area contributed by atoms with Gasteiger partial charge in [-0.25, -0.2) is 0 Å². The molecular formula is C18H24O3. The zero-order chi connectivity index (χ0) is 14.8. The number of carbonyl (C=O) groups is 1. The summed E-state index contributed by atoms with van der Waals surface area (Å²) >= 11 is 0. The van der Waals surface area contributed by atoms with Gasteiger partial charge >= 0.3 is 0 Å². The summed E-state index contributed by atoms with van der Waals surface area (Å²) in [6, 6.07) is 4.25. The molecule has 3 heteroatoms. The van der Waals surface area contributed by atoms with Crippen LogP contribution in [0.4, 0.5) is 0 Å². The summed E-state index contributed by atoms with van der Waals surface area (Å²) in [6.45, 7) is 5.74. The summed E-state index contributed by atoms with van der Waals surface area (Å²) in [5.74, 6) is 1.33. The Kier molecular flexibility index (Phi) is 4.29. The zero-order valence-corrected chi connectivity index (χ0v) is 13.0. The second-order valence-corrected chi connectivity index (χ2v) is 6.38. The molecule has 1 unspecified atom stereocenters. The van der Waals surface area contributed by atoms with E-state index in [4.69, 9.17) is 9.47 Å². The van der Waals surface area contributed by atoms with Crippen molar-refractivity contribution in [2.24, 2.45) is 0 Å². The molecule has 2 aliphatic heterocycles. The summed E-state index contributed by atoms with van der Waals surface area (Å²) in [5, 5.41) is 0. The van der Waals surface area contributed by atoms with Gasteiger partial charge in [0.1, 0.15) is 11.9 Å². The Labute approximate surface area is 126 Å². The lowest BCUT2D eigenvalue weighted by molar-refractivity contribution is 0.0639. The van der Waals surface area contributed by atoms with Crippen LogP contribution in [0.15, 0.2) is 12.1 Å². The summed E-state index contributed by atoms with van der Waals surface area (Å²) < 4.78 is 11.5. The number of fused-ring (bicyclic) bond motifs is 1. The largest absolute Gasteiger partial charge is 0.493 e. The van der Waals surface area contributed by atoms with Crippen LogP contribution >= 0.6 is 0 Å². The number of Topliss-reactive ketones (excluding diaryl/α,β-unsaturated/α-hetero) is 1. The Morgan fingerprint density at radius 2 is 2.05 bits per heavy atom. The van der Waals surface area contributed by atoms with Crippen LogP contribution < -0.4 is 4.74 Å². The molecule has 0 N–H and O–H groups in total. The van der Waals surface area contributed by atoms with Gasteiger partial charge < -0.3 is 9.47 Å². The summed E-state index contributed by atoms with van der Waals surface area (Å²) in [4.78, 5) is 12.8. The average Bonchev–Trinajstić information content (AvgIpc) is 2.90. The third-order valence-electron chi connectivity index (χ3n) is 4.43. The molecule has 1 saturated heterocycles. The second kappa shape index (κ2) is 6.18. The Bertz CT molecular complexity index is 528. The van der Waals surface area contributed by atoms with Crippen molar-refractivity contribution in [1.29, 1.82) is 0 Å². The number of rotatable bonds is 3. The maximum atomic E-state index is 12.8. The smallest absolute Gasteiger partial charge is 0.195 e. The number of hydrogen-bond donors (Lipinski definition) is 0. The van der Waals surface area contributed by atoms with E-state index in [9.17, 15) is 4.79 Å². The van der Waals surface area contributed by atoms with Gasteiger partial charge in [0.15, 0.2) is 5.78 Å². The highest BCUT2D eigenvalue weighted by atomic mass is 16.5. The number of carbonyl (C=O) groups excluding carboxylic acids is 1. The molecule has 0 aromatic heterocycles. The molecule has 3 nitrogen and oxygen atoms in total. The van der Waals surface area contributed by atoms with Crippen LogP contribution in [0.2, 0.25) is 0 Å². The summed E-state index contributed by atoms with van der Waals surface area (Å²) in [6.07, 6.45) is 4.72. The van der Waals surface area contributed by atoms with Crippen LogP contribution in [0.3, 0.4) is 0 Å². The third-order valence-corrected chi connectivity index (χ3v) is 4.43. The lowest BCUT2D eigenvalue weighted by atomic mass is 9.92. The molecule has 1 aromatic rings. The van der Waals surface area contributed by atoms with E-state index in [1.807, 2.05) is 6.07 Å². The maximum Gasteiger partial charge on any atom is 0.195 e. The van der Waals surface area contributed by atoms with Gasteiger partial charge in [-0.2, -0.15) is 0 Å². The topological polar surface area (TPSA) is 35.5 Å². The van der Waals surface area contributed by atoms with E-state index in [2.05, 4.69) is 19.9 Å². The van der Waals surface area contributed by atoms with Crippen LogP contribution in [0.1, 0.15) is 66.9 Å². The van der Waals surface area contributed by atoms with Gasteiger partial charge in [0.25, 0.3) is 0 Å². The van der Waals surface area contributed by atoms with E-state index >= 15 is 0 Å². The molecular weight excluding hydrogens is 264 g/mol. The minimum absolute atomic E-state index is 0.105. The minimum Gasteiger partial charge on any atom is -0.493 e. The highest BCUT2D eigenvalue weighted by molar-refractivity contribution is 6.02. The second-order valence-electron chi connectivity index (χ2n) is 6.38. The summed E-state index contributed by atoms with van der Waals surface area (Å²) in [7, 11) is 0. The van der Waals surface area contributed by atoms with Crippen molar-refractivity contribution < 1.29 is 14.3 Å². The van der Waals surface area contributed by atoms with Crippen LogP contribution in [0, 0.1) is 0 Å². The van der Waals surface area contributed by atoms with Gasteiger partial charge in [-0.15, -0.1) is 0 Å². The van der Waals surface area contributed by atoms with Gasteiger partial charge in [-0.05, 0) is 55.2 Å². The van der Waals surface area contributed by atoms with Crippen molar-refractivity contribution in [2.75, 3.05) is 13.2 Å². The van der Waals surface area contributed by atoms with Gasteiger partial charge in [-0.1, -0.05) is 19.9 Å². The monoisotopic (exact) mass is 288 g/mol. The molecule has 114 valence electrons. The van der Waals surface area contributed by atoms with Crippen molar-refractivity contribution in [3.8, 4) is 5.75 Å². The fraction of sp³-hybridized carbons (Fsp3) is 0.611. The van der Waals surface area contributed by atoms with E-state index in [1.165, 1.54) is 11.1 Å². The standard InChI is InChI=1S/C18H24O3/c1-12(2)14-10-13-6-3-4-8-21-18(13)15(11-14)17(19)16-7-5-9-20-16/h10-12,16H,3-9H2,1-2H3. The fourth-order valence-corrected chi connectivity index (χ4v) is 3.14. The van der Waals surface area contributed by atoms with E-state index in [1.54, 1.807) is 0 Å². The van der Waals surface area contributed by atoms with Crippen molar-refractivity contribution in [3.63, 3.8) is 0 Å². The molecule has 1 fully saturated rings. The molecule has 3 rings (SSSR count). The predicted octanol–water partition coefficient (Wildman–Crippen LogP) is 3.89. The predicted molar refractivity (Wildman–Crippen MR) is 82.3 cm³/mol. The molecule has 0 amide bonds. The molecule has 0 spiro atoms. The molecule has 0 bridgehead atoms. The summed E-state index contributed by atoms with van der Waals surface area (Å²) in [5.41, 5.74) is 3.16. The first-order valence-electron chi connectivity index (χ1n) is 8.12. The molecule has 1 aromatic carbocycles. The van der Waals surface area contributed by atoms with Crippen LogP contribution in [0.5, 0.6) is 5.75 Å². The first kappa shape index (κ1) is 14.6. The molecule has 2 heterocycles. The normalized spacial score (nSPS) is 21.8. The first-order chi connectivity index (χ1) is 10.2. The molecule has 21 heavy (non-hydrogen) atoms. The Hall–Kier alpha value is -1.35. The van der Waals surface area contributed by atoms with Crippen molar-refractivity contribution in [2.45, 2.75) is 58.0 Å². The lowest BCUT2D eigenvalue weighted by Crippen LogP contribution is -2.21. The lowest BCUT2D eigenvalue weighted by Gasteiger charge is -2.18.